The molecule has 1 saturated carbocycles. The second-order valence-corrected chi connectivity index (χ2v) is 6.75. The van der Waals surface area contributed by atoms with Gasteiger partial charge in [-0.3, -0.25) is 4.79 Å². The predicted octanol–water partition coefficient (Wildman–Crippen LogP) is 2.86. The zero-order valence-corrected chi connectivity index (χ0v) is 12.7. The Labute approximate surface area is 126 Å². The molecule has 1 aliphatic rings. The van der Waals surface area contributed by atoms with E-state index in [0.717, 1.165) is 12.2 Å². The Kier molecular flexibility index (Phi) is 4.94. The van der Waals surface area contributed by atoms with Crippen LogP contribution in [0.1, 0.15) is 30.1 Å². The van der Waals surface area contributed by atoms with Gasteiger partial charge in [-0.2, -0.15) is 11.8 Å². The molecule has 20 heavy (non-hydrogen) atoms. The molecule has 0 radical (unpaired) electrons. The molecule has 2 N–H and O–H groups in total. The van der Waals surface area contributed by atoms with Crippen molar-refractivity contribution in [2.24, 2.45) is 0 Å². The normalized spacial score (nSPS) is 25.1. The van der Waals surface area contributed by atoms with Crippen molar-refractivity contribution >= 4 is 29.3 Å². The maximum Gasteiger partial charge on any atom is 0.255 e. The van der Waals surface area contributed by atoms with Gasteiger partial charge in [0.05, 0.1) is 16.2 Å². The average Bonchev–Trinajstić information content (AvgIpc) is 2.40. The van der Waals surface area contributed by atoms with Crippen LogP contribution < -0.4 is 5.32 Å². The van der Waals surface area contributed by atoms with Crippen molar-refractivity contribution in [3.8, 4) is 0 Å². The molecule has 0 aliphatic heterocycles. The number of benzene rings is 1. The molecular weight excluding hydrogens is 301 g/mol. The molecule has 2 rings (SSSR count). The van der Waals surface area contributed by atoms with Crippen LogP contribution in [-0.4, -0.2) is 34.2 Å². The fourth-order valence-electron chi connectivity index (χ4n) is 2.27. The Morgan fingerprint density at radius 2 is 2.40 bits per heavy atom. The van der Waals surface area contributed by atoms with Gasteiger partial charge in [0.2, 0.25) is 0 Å². The van der Waals surface area contributed by atoms with Gasteiger partial charge >= 0.3 is 0 Å². The third-order valence-corrected chi connectivity index (χ3v) is 5.28. The van der Waals surface area contributed by atoms with Gasteiger partial charge in [-0.15, -0.1) is 0 Å². The molecule has 3 nitrogen and oxygen atoms in total. The maximum atomic E-state index is 13.6. The van der Waals surface area contributed by atoms with Gasteiger partial charge in [-0.1, -0.05) is 24.6 Å². The van der Waals surface area contributed by atoms with E-state index in [1.54, 1.807) is 11.8 Å². The van der Waals surface area contributed by atoms with E-state index >= 15 is 0 Å². The second-order valence-electron chi connectivity index (χ2n) is 4.87. The number of carbonyl (C=O) groups is 1. The number of aliphatic hydroxyl groups is 1. The van der Waals surface area contributed by atoms with Crippen LogP contribution in [-0.2, 0) is 0 Å². The van der Waals surface area contributed by atoms with Crippen molar-refractivity contribution in [2.45, 2.75) is 30.6 Å². The molecule has 110 valence electrons. The molecule has 1 aliphatic carbocycles. The summed E-state index contributed by atoms with van der Waals surface area (Å²) in [6.45, 7) is 2.15. The van der Waals surface area contributed by atoms with Crippen LogP contribution in [0.15, 0.2) is 18.2 Å². The Morgan fingerprint density at radius 1 is 1.65 bits per heavy atom. The highest BCUT2D eigenvalue weighted by molar-refractivity contribution is 8.00. The standard InChI is InChI=1S/C14H17ClFNO2S/c1-2-20-11-6-7-14(11,19)8-17-13(18)12-9(15)4-3-5-10(12)16/h3-5,11,19H,2,6-8H2,1H3,(H,17,18)/t11-,14+/m1/s1. The fraction of sp³-hybridized carbons (Fsp3) is 0.500. The number of nitrogens with one attached hydrogen (secondary N) is 1. The maximum absolute atomic E-state index is 13.6. The number of hydrogen-bond acceptors (Lipinski definition) is 3. The third-order valence-electron chi connectivity index (χ3n) is 3.55. The Bertz CT molecular complexity index is 494. The summed E-state index contributed by atoms with van der Waals surface area (Å²) in [7, 11) is 0. The lowest BCUT2D eigenvalue weighted by Gasteiger charge is -2.45. The van der Waals surface area contributed by atoms with E-state index in [-0.39, 0.29) is 22.4 Å². The highest BCUT2D eigenvalue weighted by atomic mass is 35.5. The monoisotopic (exact) mass is 317 g/mol. The Hall–Kier alpha value is -0.780. The molecule has 1 fully saturated rings. The van der Waals surface area contributed by atoms with Crippen molar-refractivity contribution in [3.63, 3.8) is 0 Å². The van der Waals surface area contributed by atoms with Crippen LogP contribution in [0.2, 0.25) is 5.02 Å². The number of thioether (sulfide) groups is 1. The van der Waals surface area contributed by atoms with Crippen molar-refractivity contribution < 1.29 is 14.3 Å². The van der Waals surface area contributed by atoms with E-state index in [4.69, 9.17) is 11.6 Å². The van der Waals surface area contributed by atoms with Crippen LogP contribution in [0.25, 0.3) is 0 Å². The van der Waals surface area contributed by atoms with Crippen LogP contribution >= 0.6 is 23.4 Å². The molecule has 1 aromatic carbocycles. The van der Waals surface area contributed by atoms with Crippen LogP contribution in [0.4, 0.5) is 4.39 Å². The minimum atomic E-state index is -0.895. The first-order chi connectivity index (χ1) is 9.48. The lowest BCUT2D eigenvalue weighted by atomic mass is 9.79. The molecule has 0 saturated heterocycles. The zero-order valence-electron chi connectivity index (χ0n) is 11.2. The first-order valence-electron chi connectivity index (χ1n) is 6.54. The lowest BCUT2D eigenvalue weighted by molar-refractivity contribution is -0.0222. The summed E-state index contributed by atoms with van der Waals surface area (Å²) in [4.78, 5) is 12.0. The first-order valence-corrected chi connectivity index (χ1v) is 7.97. The highest BCUT2D eigenvalue weighted by Crippen LogP contribution is 2.40. The van der Waals surface area contributed by atoms with Gasteiger partial charge in [-0.25, -0.2) is 4.39 Å². The van der Waals surface area contributed by atoms with Gasteiger partial charge in [0.25, 0.3) is 5.91 Å². The first kappa shape index (κ1) is 15.6. The zero-order chi connectivity index (χ0) is 14.8. The summed E-state index contributed by atoms with van der Waals surface area (Å²) in [6.07, 6.45) is 1.58. The topological polar surface area (TPSA) is 49.3 Å². The smallest absolute Gasteiger partial charge is 0.255 e. The molecular formula is C14H17ClFNO2S. The van der Waals surface area contributed by atoms with Crippen molar-refractivity contribution in [2.75, 3.05) is 12.3 Å². The summed E-state index contributed by atoms with van der Waals surface area (Å²) in [5.74, 6) is -0.330. The molecule has 0 heterocycles. The number of rotatable bonds is 5. The van der Waals surface area contributed by atoms with Gasteiger partial charge in [0.15, 0.2) is 0 Å². The van der Waals surface area contributed by atoms with E-state index < -0.39 is 17.3 Å². The summed E-state index contributed by atoms with van der Waals surface area (Å²) in [6, 6.07) is 4.10. The Morgan fingerprint density at radius 3 is 2.95 bits per heavy atom. The quantitative estimate of drug-likeness (QED) is 0.878. The van der Waals surface area contributed by atoms with Gasteiger partial charge < -0.3 is 10.4 Å². The van der Waals surface area contributed by atoms with E-state index in [2.05, 4.69) is 5.32 Å². The highest BCUT2D eigenvalue weighted by Gasteiger charge is 2.45. The fourth-order valence-corrected chi connectivity index (χ4v) is 3.72. The third kappa shape index (κ3) is 3.10. The summed E-state index contributed by atoms with van der Waals surface area (Å²) >= 11 is 7.51. The van der Waals surface area contributed by atoms with Crippen LogP contribution in [0.3, 0.4) is 0 Å². The molecule has 1 amide bonds. The van der Waals surface area contributed by atoms with Gasteiger partial charge in [0.1, 0.15) is 5.82 Å². The molecule has 0 spiro atoms. The molecule has 0 unspecified atom stereocenters. The average molecular weight is 318 g/mol. The Balaban J connectivity index is 1.99. The van der Waals surface area contributed by atoms with Crippen molar-refractivity contribution in [1.82, 2.24) is 5.32 Å². The number of carbonyl (C=O) groups excluding carboxylic acids is 1. The van der Waals surface area contributed by atoms with Crippen LogP contribution in [0.5, 0.6) is 0 Å². The molecule has 6 heteroatoms. The second kappa shape index (κ2) is 6.33. The number of hydrogen-bond donors (Lipinski definition) is 2. The minimum Gasteiger partial charge on any atom is -0.387 e. The van der Waals surface area contributed by atoms with Crippen molar-refractivity contribution in [1.29, 1.82) is 0 Å². The number of amides is 1. The lowest BCUT2D eigenvalue weighted by Crippen LogP contribution is -2.57. The van der Waals surface area contributed by atoms with Gasteiger partial charge in [0, 0.05) is 11.8 Å². The summed E-state index contributed by atoms with van der Waals surface area (Å²) in [5.41, 5.74) is -1.06. The predicted molar refractivity (Wildman–Crippen MR) is 79.8 cm³/mol. The SMILES string of the molecule is CCS[C@@H]1CC[C@]1(O)CNC(=O)c1c(F)cccc1Cl. The van der Waals surface area contributed by atoms with E-state index in [1.807, 2.05) is 6.92 Å². The molecule has 1 aromatic rings. The van der Waals surface area contributed by atoms with Gasteiger partial charge in [-0.05, 0) is 30.7 Å². The molecule has 0 bridgehead atoms. The van der Waals surface area contributed by atoms with Crippen LogP contribution in [0, 0.1) is 5.82 Å². The molecule has 0 aromatic heterocycles. The van der Waals surface area contributed by atoms with E-state index in [1.165, 1.54) is 18.2 Å². The van der Waals surface area contributed by atoms with E-state index in [0.29, 0.717) is 6.42 Å². The summed E-state index contributed by atoms with van der Waals surface area (Å²) in [5, 5.41) is 13.2. The molecule has 2 atom stereocenters. The van der Waals surface area contributed by atoms with Crippen molar-refractivity contribution in [3.05, 3.63) is 34.6 Å². The largest absolute Gasteiger partial charge is 0.387 e. The summed E-state index contributed by atoms with van der Waals surface area (Å²) < 4.78 is 13.6. The van der Waals surface area contributed by atoms with E-state index in [9.17, 15) is 14.3 Å². The number of halogens is 2. The minimum absolute atomic E-state index is 0.0718.